The monoisotopic (exact) mass is 347 g/mol. The van der Waals surface area contributed by atoms with Crippen LogP contribution in [0.1, 0.15) is 7.43 Å². The first-order chi connectivity index (χ1) is 12.1. The molecule has 0 amide bonds. The van der Waals surface area contributed by atoms with Crippen LogP contribution >= 0.6 is 0 Å². The number of rotatable bonds is 3. The molecule has 0 spiro atoms. The van der Waals surface area contributed by atoms with E-state index in [4.69, 9.17) is 0 Å². The van der Waals surface area contributed by atoms with E-state index in [1.54, 1.807) is 0 Å². The molecule has 6 heteroatoms. The Labute approximate surface area is 150 Å². The van der Waals surface area contributed by atoms with E-state index in [9.17, 15) is 15.3 Å². The summed E-state index contributed by atoms with van der Waals surface area (Å²) in [6.45, 7) is 0. The Kier molecular flexibility index (Phi) is 4.41. The van der Waals surface area contributed by atoms with Crippen molar-refractivity contribution >= 4 is 16.7 Å². The molecule has 3 aromatic carbocycles. The summed E-state index contributed by atoms with van der Waals surface area (Å²) in [7, 11) is 0. The molecule has 26 heavy (non-hydrogen) atoms. The van der Waals surface area contributed by atoms with Crippen LogP contribution in [0.3, 0.4) is 0 Å². The second kappa shape index (κ2) is 6.68. The molecule has 6 nitrogen and oxygen atoms in total. The van der Waals surface area contributed by atoms with Gasteiger partial charge in [-0.3, -0.25) is 10.1 Å². The van der Waals surface area contributed by atoms with Gasteiger partial charge >= 0.3 is 0 Å². The number of non-ortho nitro benzene ring substituents is 1. The zero-order chi connectivity index (χ0) is 17.4. The summed E-state index contributed by atoms with van der Waals surface area (Å²) in [6.07, 6.45) is 0. The van der Waals surface area contributed by atoms with Crippen molar-refractivity contribution in [1.82, 2.24) is 9.71 Å². The Balaban J connectivity index is 0.00000196. The van der Waals surface area contributed by atoms with Gasteiger partial charge in [0.1, 0.15) is 5.52 Å². The van der Waals surface area contributed by atoms with Gasteiger partial charge in [0.05, 0.1) is 10.4 Å². The zero-order valence-electron chi connectivity index (χ0n) is 13.0. The predicted molar refractivity (Wildman–Crippen MR) is 101 cm³/mol. The Morgan fingerprint density at radius 1 is 0.885 bits per heavy atom. The molecule has 4 aromatic rings. The van der Waals surface area contributed by atoms with Crippen molar-refractivity contribution in [2.24, 2.45) is 0 Å². The zero-order valence-corrected chi connectivity index (χ0v) is 13.0. The van der Waals surface area contributed by atoms with Crippen LogP contribution in [0, 0.1) is 10.1 Å². The van der Waals surface area contributed by atoms with Crippen molar-refractivity contribution in [3.8, 4) is 22.5 Å². The van der Waals surface area contributed by atoms with Gasteiger partial charge in [0.2, 0.25) is 0 Å². The van der Waals surface area contributed by atoms with Gasteiger partial charge in [-0.2, -0.15) is 4.73 Å². The number of hydrogen-bond acceptors (Lipinski definition) is 4. The molecule has 4 rings (SSSR count). The number of imidazole rings is 1. The lowest BCUT2D eigenvalue weighted by molar-refractivity contribution is -0.384. The van der Waals surface area contributed by atoms with Crippen LogP contribution < -0.4 is 0 Å². The van der Waals surface area contributed by atoms with Crippen LogP contribution in [0.25, 0.3) is 33.5 Å². The smallest absolute Gasteiger partial charge is 0.271 e. The van der Waals surface area contributed by atoms with Crippen molar-refractivity contribution in [1.29, 1.82) is 0 Å². The first-order valence-electron chi connectivity index (χ1n) is 7.65. The number of aromatic nitrogens is 2. The lowest BCUT2D eigenvalue weighted by atomic mass is 10.0. The molecule has 1 heterocycles. The third-order valence-corrected chi connectivity index (χ3v) is 4.05. The second-order valence-corrected chi connectivity index (χ2v) is 5.62. The maximum Gasteiger partial charge on any atom is 0.271 e. The summed E-state index contributed by atoms with van der Waals surface area (Å²) in [4.78, 5) is 14.8. The Morgan fingerprint density at radius 3 is 2.31 bits per heavy atom. The van der Waals surface area contributed by atoms with Gasteiger partial charge in [0, 0.05) is 17.7 Å². The van der Waals surface area contributed by atoms with Gasteiger partial charge in [0.15, 0.2) is 5.82 Å². The summed E-state index contributed by atoms with van der Waals surface area (Å²) in [5.41, 5.74) is 3.48. The van der Waals surface area contributed by atoms with Crippen LogP contribution in [0.4, 0.5) is 5.69 Å². The predicted octanol–water partition coefficient (Wildman–Crippen LogP) is 5.15. The van der Waals surface area contributed by atoms with Crippen molar-refractivity contribution in [2.75, 3.05) is 0 Å². The van der Waals surface area contributed by atoms with E-state index in [0.29, 0.717) is 16.9 Å². The minimum atomic E-state index is -0.498. The quantitative estimate of drug-likeness (QED) is 0.315. The number of benzene rings is 3. The van der Waals surface area contributed by atoms with Crippen molar-refractivity contribution < 1.29 is 10.1 Å². The van der Waals surface area contributed by atoms with Crippen molar-refractivity contribution in [3.63, 3.8) is 0 Å². The average Bonchev–Trinajstić information content (AvgIpc) is 2.99. The fourth-order valence-electron chi connectivity index (χ4n) is 2.82. The summed E-state index contributed by atoms with van der Waals surface area (Å²) in [5, 5.41) is 21.4. The van der Waals surface area contributed by atoms with E-state index in [2.05, 4.69) is 4.98 Å². The number of nitro benzene ring substituents is 1. The summed E-state index contributed by atoms with van der Waals surface area (Å²) >= 11 is 0. The minimum Gasteiger partial charge on any atom is -0.426 e. The van der Waals surface area contributed by atoms with Crippen LogP contribution in [-0.2, 0) is 0 Å². The fourth-order valence-corrected chi connectivity index (χ4v) is 2.82. The second-order valence-electron chi connectivity index (χ2n) is 5.62. The number of nitro groups is 1. The van der Waals surface area contributed by atoms with Gasteiger partial charge in [-0.1, -0.05) is 56.0 Å². The highest BCUT2D eigenvalue weighted by atomic mass is 16.6. The summed E-state index contributed by atoms with van der Waals surface area (Å²) < 4.78 is 0.895. The van der Waals surface area contributed by atoms with Gasteiger partial charge in [0.25, 0.3) is 5.69 Å². The van der Waals surface area contributed by atoms with Gasteiger partial charge < -0.3 is 5.21 Å². The van der Waals surface area contributed by atoms with Crippen molar-refractivity contribution in [2.45, 2.75) is 7.43 Å². The molecule has 130 valence electrons. The maximum absolute atomic E-state index is 10.9. The minimum absolute atomic E-state index is 0. The molecule has 0 unspecified atom stereocenters. The molecule has 0 radical (unpaired) electrons. The summed E-state index contributed by atoms with van der Waals surface area (Å²) in [6, 6.07) is 21.7. The Morgan fingerprint density at radius 2 is 1.58 bits per heavy atom. The molecule has 0 atom stereocenters. The largest absolute Gasteiger partial charge is 0.426 e. The molecule has 0 aliphatic rings. The normalized spacial score (nSPS) is 10.5. The number of fused-ring (bicyclic) bond motifs is 1. The van der Waals surface area contributed by atoms with Crippen LogP contribution in [0.15, 0.2) is 72.8 Å². The molecule has 1 aromatic heterocycles. The standard InChI is InChI=1S/C19H13N3O3.CH4/c23-21-18-12-16(22(24)25)9-10-17(18)20-19(21)15-8-4-7-14(11-15)13-5-2-1-3-6-13;/h1-12,23H;1H4. The highest BCUT2D eigenvalue weighted by Gasteiger charge is 2.16. The van der Waals surface area contributed by atoms with E-state index in [-0.39, 0.29) is 13.1 Å². The lowest BCUT2D eigenvalue weighted by Crippen LogP contribution is -1.95. The Hall–Kier alpha value is -3.67. The molecule has 1 N–H and O–H groups in total. The lowest BCUT2D eigenvalue weighted by Gasteiger charge is -2.05. The SMILES string of the molecule is C.O=[N+]([O-])c1ccc2nc(-c3cccc(-c4ccccc4)c3)n(O)c2c1. The first-order valence-corrected chi connectivity index (χ1v) is 7.65. The molecular weight excluding hydrogens is 330 g/mol. The number of nitrogens with zero attached hydrogens (tertiary/aromatic N) is 3. The molecular formula is C20H17N3O3. The molecule has 0 fully saturated rings. The topological polar surface area (TPSA) is 81.2 Å². The highest BCUT2D eigenvalue weighted by molar-refractivity contribution is 5.83. The molecule has 0 saturated carbocycles. The van der Waals surface area contributed by atoms with Crippen LogP contribution in [0.2, 0.25) is 0 Å². The molecule has 0 aliphatic carbocycles. The summed E-state index contributed by atoms with van der Waals surface area (Å²) in [5.74, 6) is 0.341. The molecule has 0 aliphatic heterocycles. The van der Waals surface area contributed by atoms with Gasteiger partial charge in [-0.15, -0.1) is 0 Å². The van der Waals surface area contributed by atoms with Gasteiger partial charge in [-0.25, -0.2) is 4.98 Å². The Bertz CT molecular complexity index is 1090. The number of hydrogen-bond donors (Lipinski definition) is 1. The maximum atomic E-state index is 10.9. The van der Waals surface area contributed by atoms with E-state index in [1.165, 1.54) is 18.2 Å². The van der Waals surface area contributed by atoms with Crippen molar-refractivity contribution in [3.05, 3.63) is 82.9 Å². The third kappa shape index (κ3) is 2.88. The fraction of sp³-hybridized carbons (Fsp3) is 0.0500. The molecule has 0 saturated heterocycles. The van der Waals surface area contributed by atoms with E-state index in [1.807, 2.05) is 54.6 Å². The van der Waals surface area contributed by atoms with E-state index >= 15 is 0 Å². The van der Waals surface area contributed by atoms with E-state index in [0.717, 1.165) is 21.4 Å². The van der Waals surface area contributed by atoms with Crippen LogP contribution in [-0.4, -0.2) is 19.8 Å². The third-order valence-electron chi connectivity index (χ3n) is 4.05. The van der Waals surface area contributed by atoms with Gasteiger partial charge in [-0.05, 0) is 23.3 Å². The van der Waals surface area contributed by atoms with E-state index < -0.39 is 4.92 Å². The van der Waals surface area contributed by atoms with Crippen LogP contribution in [0.5, 0.6) is 0 Å². The first kappa shape index (κ1) is 17.2. The average molecular weight is 347 g/mol. The highest BCUT2D eigenvalue weighted by Crippen LogP contribution is 2.29. The molecule has 0 bridgehead atoms.